The van der Waals surface area contributed by atoms with Gasteiger partial charge in [0.2, 0.25) is 0 Å². The van der Waals surface area contributed by atoms with Crippen molar-refractivity contribution >= 4 is 11.7 Å². The highest BCUT2D eigenvalue weighted by atomic mass is 16.2. The number of aliphatic imine (C=N–C) groups is 1. The van der Waals surface area contributed by atoms with Gasteiger partial charge in [-0.3, -0.25) is 0 Å². The van der Waals surface area contributed by atoms with Crippen molar-refractivity contribution in [3.63, 3.8) is 0 Å². The summed E-state index contributed by atoms with van der Waals surface area (Å²) < 4.78 is 0. The van der Waals surface area contributed by atoms with Crippen LogP contribution in [-0.4, -0.2) is 18.3 Å². The molecule has 0 radical (unpaired) electrons. The summed E-state index contributed by atoms with van der Waals surface area (Å²) in [6, 6.07) is -0.172. The van der Waals surface area contributed by atoms with Crippen molar-refractivity contribution in [3.8, 4) is 0 Å². The van der Waals surface area contributed by atoms with Crippen molar-refractivity contribution in [2.75, 3.05) is 6.54 Å². The Morgan fingerprint density at radius 3 is 3.10 bits per heavy atom. The van der Waals surface area contributed by atoms with Gasteiger partial charge in [-0.05, 0) is 6.42 Å². The minimum Gasteiger partial charge on any atom is -0.336 e. The summed E-state index contributed by atoms with van der Waals surface area (Å²) in [7, 11) is 0. The molecule has 10 heavy (non-hydrogen) atoms. The van der Waals surface area contributed by atoms with E-state index in [1.54, 1.807) is 0 Å². The van der Waals surface area contributed by atoms with Crippen molar-refractivity contribution in [2.45, 2.75) is 26.2 Å². The number of hydrogen-bond donors (Lipinski definition) is 1. The third-order valence-electron chi connectivity index (χ3n) is 1.49. The number of carbonyl (C=O) groups is 1. The Balaban J connectivity index is 2.49. The predicted molar refractivity (Wildman–Crippen MR) is 40.4 cm³/mol. The van der Waals surface area contributed by atoms with Crippen LogP contribution in [0.3, 0.4) is 0 Å². The summed E-state index contributed by atoms with van der Waals surface area (Å²) in [6.07, 6.45) is 2.97. The highest BCUT2D eigenvalue weighted by Crippen LogP contribution is 2.00. The Morgan fingerprint density at radius 2 is 2.50 bits per heavy atom. The van der Waals surface area contributed by atoms with Gasteiger partial charge in [0.25, 0.3) is 0 Å². The maximum atomic E-state index is 10.6. The van der Waals surface area contributed by atoms with E-state index in [9.17, 15) is 4.79 Å². The van der Waals surface area contributed by atoms with Crippen LogP contribution in [-0.2, 0) is 0 Å². The van der Waals surface area contributed by atoms with Crippen LogP contribution < -0.4 is 5.32 Å². The molecule has 0 spiro atoms. The monoisotopic (exact) mass is 140 g/mol. The second-order valence-corrected chi connectivity index (χ2v) is 2.41. The number of nitrogens with zero attached hydrogens (tertiary/aromatic N) is 1. The molecule has 0 unspecified atom stereocenters. The molecule has 0 saturated heterocycles. The smallest absolute Gasteiger partial charge is 0.336 e. The third-order valence-corrected chi connectivity index (χ3v) is 1.49. The van der Waals surface area contributed by atoms with Crippen molar-refractivity contribution < 1.29 is 4.79 Å². The van der Waals surface area contributed by atoms with Gasteiger partial charge < -0.3 is 5.32 Å². The largest absolute Gasteiger partial charge is 0.340 e. The lowest BCUT2D eigenvalue weighted by Crippen LogP contribution is -2.29. The van der Waals surface area contributed by atoms with Gasteiger partial charge >= 0.3 is 6.03 Å². The normalized spacial score (nSPS) is 18.1. The molecule has 0 aromatic carbocycles. The summed E-state index contributed by atoms with van der Waals surface area (Å²) >= 11 is 0. The molecule has 1 aliphatic heterocycles. The summed E-state index contributed by atoms with van der Waals surface area (Å²) in [4.78, 5) is 14.5. The Labute approximate surface area is 60.5 Å². The van der Waals surface area contributed by atoms with E-state index in [-0.39, 0.29) is 6.03 Å². The maximum absolute atomic E-state index is 10.6. The highest BCUT2D eigenvalue weighted by Gasteiger charge is 2.08. The van der Waals surface area contributed by atoms with E-state index in [2.05, 4.69) is 17.2 Å². The van der Waals surface area contributed by atoms with Gasteiger partial charge in [0, 0.05) is 18.7 Å². The topological polar surface area (TPSA) is 41.5 Å². The summed E-state index contributed by atoms with van der Waals surface area (Å²) in [5.41, 5.74) is 1.05. The zero-order valence-electron chi connectivity index (χ0n) is 6.18. The number of carbonyl (C=O) groups excluding carboxylic acids is 1. The second kappa shape index (κ2) is 3.34. The number of rotatable bonds is 2. The summed E-state index contributed by atoms with van der Waals surface area (Å²) in [5, 5.41) is 2.64. The quantitative estimate of drug-likeness (QED) is 0.617. The summed E-state index contributed by atoms with van der Waals surface area (Å²) in [5.74, 6) is 0. The zero-order valence-corrected chi connectivity index (χ0v) is 6.18. The first kappa shape index (κ1) is 7.25. The van der Waals surface area contributed by atoms with Crippen molar-refractivity contribution in [1.29, 1.82) is 0 Å². The maximum Gasteiger partial charge on any atom is 0.340 e. The van der Waals surface area contributed by atoms with Gasteiger partial charge in [-0.25, -0.2) is 9.79 Å². The minimum atomic E-state index is -0.172. The molecule has 0 saturated carbocycles. The van der Waals surface area contributed by atoms with Gasteiger partial charge in [-0.2, -0.15) is 0 Å². The molecular weight excluding hydrogens is 128 g/mol. The van der Waals surface area contributed by atoms with E-state index in [1.807, 2.05) is 0 Å². The molecule has 2 amide bonds. The van der Waals surface area contributed by atoms with Gasteiger partial charge in [0.1, 0.15) is 0 Å². The third kappa shape index (κ3) is 1.83. The number of urea groups is 1. The molecule has 1 aliphatic rings. The predicted octanol–water partition coefficient (Wildman–Crippen LogP) is 1.34. The van der Waals surface area contributed by atoms with Crippen LogP contribution in [0.1, 0.15) is 26.2 Å². The molecule has 0 aromatic rings. The average molecular weight is 140 g/mol. The minimum absolute atomic E-state index is 0.172. The van der Waals surface area contributed by atoms with E-state index in [1.165, 1.54) is 0 Å². The molecule has 1 N–H and O–H groups in total. The Kier molecular flexibility index (Phi) is 2.42. The lowest BCUT2D eigenvalue weighted by molar-refractivity contribution is 0.248. The van der Waals surface area contributed by atoms with E-state index >= 15 is 0 Å². The number of hydrogen-bond acceptors (Lipinski definition) is 1. The molecule has 3 nitrogen and oxygen atoms in total. The summed E-state index contributed by atoms with van der Waals surface area (Å²) in [6.45, 7) is 2.85. The number of nitrogens with one attached hydrogen (secondary N) is 1. The SMILES string of the molecule is CCCC1=NC(=O)NCC1. The fourth-order valence-corrected chi connectivity index (χ4v) is 1.02. The van der Waals surface area contributed by atoms with Crippen molar-refractivity contribution in [1.82, 2.24) is 5.32 Å². The Bertz CT molecular complexity index is 163. The van der Waals surface area contributed by atoms with Gasteiger partial charge in [0.15, 0.2) is 0 Å². The van der Waals surface area contributed by atoms with E-state index in [4.69, 9.17) is 0 Å². The van der Waals surface area contributed by atoms with Crippen molar-refractivity contribution in [3.05, 3.63) is 0 Å². The van der Waals surface area contributed by atoms with E-state index < -0.39 is 0 Å². The van der Waals surface area contributed by atoms with Crippen LogP contribution in [0.5, 0.6) is 0 Å². The first-order valence-corrected chi connectivity index (χ1v) is 3.67. The molecule has 0 atom stereocenters. The molecule has 1 rings (SSSR count). The fraction of sp³-hybridized carbons (Fsp3) is 0.714. The van der Waals surface area contributed by atoms with Crippen molar-refractivity contribution in [2.24, 2.45) is 4.99 Å². The Morgan fingerprint density at radius 1 is 1.70 bits per heavy atom. The molecule has 0 bridgehead atoms. The average Bonchev–Trinajstić information content (AvgIpc) is 1.88. The highest BCUT2D eigenvalue weighted by molar-refractivity contribution is 5.97. The van der Waals surface area contributed by atoms with Crippen LogP contribution in [0.15, 0.2) is 4.99 Å². The van der Waals surface area contributed by atoms with E-state index in [0.717, 1.165) is 31.5 Å². The Hall–Kier alpha value is -0.860. The van der Waals surface area contributed by atoms with Crippen LogP contribution in [0.25, 0.3) is 0 Å². The van der Waals surface area contributed by atoms with Crippen LogP contribution >= 0.6 is 0 Å². The van der Waals surface area contributed by atoms with Crippen LogP contribution in [0, 0.1) is 0 Å². The lowest BCUT2D eigenvalue weighted by Gasteiger charge is -2.10. The molecule has 56 valence electrons. The molecule has 0 aliphatic carbocycles. The van der Waals surface area contributed by atoms with Gasteiger partial charge in [-0.15, -0.1) is 0 Å². The molecule has 3 heteroatoms. The van der Waals surface area contributed by atoms with E-state index in [0.29, 0.717) is 0 Å². The van der Waals surface area contributed by atoms with Crippen LogP contribution in [0.4, 0.5) is 4.79 Å². The fourth-order valence-electron chi connectivity index (χ4n) is 1.02. The number of amides is 2. The van der Waals surface area contributed by atoms with Gasteiger partial charge in [-0.1, -0.05) is 13.3 Å². The molecular formula is C7H12N2O. The second-order valence-electron chi connectivity index (χ2n) is 2.41. The molecule has 0 fully saturated rings. The van der Waals surface area contributed by atoms with Gasteiger partial charge in [0.05, 0.1) is 0 Å². The zero-order chi connectivity index (χ0) is 7.40. The molecule has 0 aromatic heterocycles. The molecule has 1 heterocycles. The first-order valence-electron chi connectivity index (χ1n) is 3.67. The first-order chi connectivity index (χ1) is 4.83. The standard InChI is InChI=1S/C7H12N2O/c1-2-3-6-4-5-8-7(10)9-6/h2-5H2,1H3,(H,8,10). The van der Waals surface area contributed by atoms with Crippen LogP contribution in [0.2, 0.25) is 0 Å². The lowest BCUT2D eigenvalue weighted by atomic mass is 10.1.